The van der Waals surface area contributed by atoms with Crippen LogP contribution in [0.4, 0.5) is 10.5 Å². The fourth-order valence-corrected chi connectivity index (χ4v) is 2.42. The number of urea groups is 1. The molecule has 0 fully saturated rings. The van der Waals surface area contributed by atoms with E-state index in [0.717, 1.165) is 11.4 Å². The Morgan fingerprint density at radius 2 is 1.75 bits per heavy atom. The molecular formula is C20H26N2O2. The van der Waals surface area contributed by atoms with Crippen LogP contribution in [0.5, 0.6) is 5.75 Å². The molecule has 2 aromatic carbocycles. The SMILES string of the molecule is CCN(C(=O)NCCOc1ccc(C(C)C)cc1)c1ccccc1. The lowest BCUT2D eigenvalue weighted by atomic mass is 10.0. The average molecular weight is 326 g/mol. The number of benzene rings is 2. The molecule has 128 valence electrons. The summed E-state index contributed by atoms with van der Waals surface area (Å²) < 4.78 is 5.68. The number of para-hydroxylation sites is 1. The van der Waals surface area contributed by atoms with Gasteiger partial charge in [-0.15, -0.1) is 0 Å². The first kappa shape index (κ1) is 17.9. The van der Waals surface area contributed by atoms with Gasteiger partial charge in [-0.25, -0.2) is 4.79 Å². The number of nitrogens with zero attached hydrogens (tertiary/aromatic N) is 1. The number of carbonyl (C=O) groups is 1. The fraction of sp³-hybridized carbons (Fsp3) is 0.350. The summed E-state index contributed by atoms with van der Waals surface area (Å²) in [5.74, 6) is 1.33. The summed E-state index contributed by atoms with van der Waals surface area (Å²) in [6.07, 6.45) is 0. The van der Waals surface area contributed by atoms with Gasteiger partial charge in [0.1, 0.15) is 12.4 Å². The second-order valence-corrected chi connectivity index (χ2v) is 5.88. The Labute approximate surface area is 144 Å². The number of hydrogen-bond acceptors (Lipinski definition) is 2. The minimum absolute atomic E-state index is 0.109. The molecule has 24 heavy (non-hydrogen) atoms. The lowest BCUT2D eigenvalue weighted by Gasteiger charge is -2.21. The van der Waals surface area contributed by atoms with Crippen LogP contribution >= 0.6 is 0 Å². The predicted octanol–water partition coefficient (Wildman–Crippen LogP) is 4.42. The van der Waals surface area contributed by atoms with Crippen LogP contribution in [0.3, 0.4) is 0 Å². The smallest absolute Gasteiger partial charge is 0.321 e. The third-order valence-corrected chi connectivity index (χ3v) is 3.82. The molecule has 0 aliphatic heterocycles. The molecule has 2 rings (SSSR count). The zero-order valence-corrected chi connectivity index (χ0v) is 14.7. The zero-order valence-electron chi connectivity index (χ0n) is 14.7. The van der Waals surface area contributed by atoms with Gasteiger partial charge in [0.05, 0.1) is 6.54 Å². The van der Waals surface area contributed by atoms with E-state index in [2.05, 4.69) is 31.3 Å². The van der Waals surface area contributed by atoms with Crippen LogP contribution in [-0.2, 0) is 0 Å². The first-order chi connectivity index (χ1) is 11.6. The normalized spacial score (nSPS) is 10.5. The topological polar surface area (TPSA) is 41.6 Å². The molecule has 0 bridgehead atoms. The van der Waals surface area contributed by atoms with E-state index in [1.807, 2.05) is 49.4 Å². The highest BCUT2D eigenvalue weighted by molar-refractivity contribution is 5.91. The summed E-state index contributed by atoms with van der Waals surface area (Å²) in [5.41, 5.74) is 2.18. The molecule has 0 saturated carbocycles. The highest BCUT2D eigenvalue weighted by atomic mass is 16.5. The van der Waals surface area contributed by atoms with E-state index in [1.54, 1.807) is 4.90 Å². The second kappa shape index (κ2) is 8.96. The van der Waals surface area contributed by atoms with Crippen molar-refractivity contribution in [2.75, 3.05) is 24.6 Å². The Balaban J connectivity index is 1.78. The van der Waals surface area contributed by atoms with Crippen LogP contribution in [0.1, 0.15) is 32.3 Å². The molecular weight excluding hydrogens is 300 g/mol. The number of amides is 2. The predicted molar refractivity (Wildman–Crippen MR) is 98.9 cm³/mol. The van der Waals surface area contributed by atoms with E-state index in [4.69, 9.17) is 4.74 Å². The molecule has 2 amide bonds. The monoisotopic (exact) mass is 326 g/mol. The molecule has 0 spiro atoms. The summed E-state index contributed by atoms with van der Waals surface area (Å²) in [6, 6.07) is 17.6. The quantitative estimate of drug-likeness (QED) is 0.765. The molecule has 0 radical (unpaired) electrons. The highest BCUT2D eigenvalue weighted by Crippen LogP contribution is 2.18. The van der Waals surface area contributed by atoms with Gasteiger partial charge >= 0.3 is 6.03 Å². The molecule has 4 nitrogen and oxygen atoms in total. The Hall–Kier alpha value is -2.49. The Morgan fingerprint density at radius 1 is 1.08 bits per heavy atom. The summed E-state index contributed by atoms with van der Waals surface area (Å²) in [6.45, 7) is 7.81. The van der Waals surface area contributed by atoms with Crippen molar-refractivity contribution in [2.24, 2.45) is 0 Å². The number of hydrogen-bond donors (Lipinski definition) is 1. The van der Waals surface area contributed by atoms with E-state index in [0.29, 0.717) is 25.6 Å². The summed E-state index contributed by atoms with van der Waals surface area (Å²) in [7, 11) is 0. The number of rotatable bonds is 7. The Bertz CT molecular complexity index is 624. The molecule has 0 atom stereocenters. The van der Waals surface area contributed by atoms with Gasteiger partial charge in [-0.3, -0.25) is 4.90 Å². The fourth-order valence-electron chi connectivity index (χ4n) is 2.42. The molecule has 4 heteroatoms. The van der Waals surface area contributed by atoms with Gasteiger partial charge in [0, 0.05) is 12.2 Å². The summed E-state index contributed by atoms with van der Waals surface area (Å²) >= 11 is 0. The van der Waals surface area contributed by atoms with Gasteiger partial charge in [-0.05, 0) is 42.7 Å². The van der Waals surface area contributed by atoms with Crippen LogP contribution in [-0.4, -0.2) is 25.7 Å². The van der Waals surface area contributed by atoms with Crippen molar-refractivity contribution in [1.29, 1.82) is 0 Å². The van der Waals surface area contributed by atoms with E-state index < -0.39 is 0 Å². The molecule has 0 saturated heterocycles. The largest absolute Gasteiger partial charge is 0.492 e. The van der Waals surface area contributed by atoms with Crippen molar-refractivity contribution >= 4 is 11.7 Å². The average Bonchev–Trinajstić information content (AvgIpc) is 2.61. The zero-order chi connectivity index (χ0) is 17.4. The van der Waals surface area contributed by atoms with Gasteiger partial charge in [-0.1, -0.05) is 44.2 Å². The minimum Gasteiger partial charge on any atom is -0.492 e. The number of ether oxygens (including phenoxy) is 1. The standard InChI is InChI=1S/C20H26N2O2/c1-4-22(18-8-6-5-7-9-18)20(23)21-14-15-24-19-12-10-17(11-13-19)16(2)3/h5-13,16H,4,14-15H2,1-3H3,(H,21,23). The Morgan fingerprint density at radius 3 is 2.33 bits per heavy atom. The van der Waals surface area contributed by atoms with Crippen molar-refractivity contribution < 1.29 is 9.53 Å². The third-order valence-electron chi connectivity index (χ3n) is 3.82. The second-order valence-electron chi connectivity index (χ2n) is 5.88. The van der Waals surface area contributed by atoms with Crippen LogP contribution in [0.15, 0.2) is 54.6 Å². The van der Waals surface area contributed by atoms with Crippen molar-refractivity contribution in [2.45, 2.75) is 26.7 Å². The van der Waals surface area contributed by atoms with Crippen molar-refractivity contribution in [3.63, 3.8) is 0 Å². The maximum absolute atomic E-state index is 12.3. The van der Waals surface area contributed by atoms with E-state index in [9.17, 15) is 4.79 Å². The van der Waals surface area contributed by atoms with Gasteiger partial charge in [0.25, 0.3) is 0 Å². The lowest BCUT2D eigenvalue weighted by molar-refractivity contribution is 0.242. The first-order valence-electron chi connectivity index (χ1n) is 8.45. The van der Waals surface area contributed by atoms with Gasteiger partial charge in [-0.2, -0.15) is 0 Å². The Kier molecular flexibility index (Phi) is 6.67. The number of nitrogens with one attached hydrogen (secondary N) is 1. The van der Waals surface area contributed by atoms with E-state index >= 15 is 0 Å². The van der Waals surface area contributed by atoms with Crippen LogP contribution in [0.2, 0.25) is 0 Å². The number of carbonyl (C=O) groups excluding carboxylic acids is 1. The summed E-state index contributed by atoms with van der Waals surface area (Å²) in [5, 5.41) is 2.89. The maximum Gasteiger partial charge on any atom is 0.321 e. The van der Waals surface area contributed by atoms with Gasteiger partial charge < -0.3 is 10.1 Å². The van der Waals surface area contributed by atoms with Gasteiger partial charge in [0.2, 0.25) is 0 Å². The maximum atomic E-state index is 12.3. The van der Waals surface area contributed by atoms with E-state index in [-0.39, 0.29) is 6.03 Å². The van der Waals surface area contributed by atoms with Crippen molar-refractivity contribution in [3.8, 4) is 5.75 Å². The summed E-state index contributed by atoms with van der Waals surface area (Å²) in [4.78, 5) is 14.0. The minimum atomic E-state index is -0.109. The number of anilines is 1. The van der Waals surface area contributed by atoms with E-state index in [1.165, 1.54) is 5.56 Å². The molecule has 0 unspecified atom stereocenters. The molecule has 2 aromatic rings. The molecule has 0 heterocycles. The van der Waals surface area contributed by atoms with Crippen LogP contribution in [0.25, 0.3) is 0 Å². The molecule has 1 N–H and O–H groups in total. The van der Waals surface area contributed by atoms with Crippen molar-refractivity contribution in [1.82, 2.24) is 5.32 Å². The van der Waals surface area contributed by atoms with Crippen molar-refractivity contribution in [3.05, 3.63) is 60.2 Å². The molecule has 0 aliphatic carbocycles. The lowest BCUT2D eigenvalue weighted by Crippen LogP contribution is -2.41. The third kappa shape index (κ3) is 5.01. The first-order valence-corrected chi connectivity index (χ1v) is 8.45. The molecule has 0 aromatic heterocycles. The molecule has 0 aliphatic rings. The van der Waals surface area contributed by atoms with Crippen LogP contribution < -0.4 is 15.0 Å². The van der Waals surface area contributed by atoms with Gasteiger partial charge in [0.15, 0.2) is 0 Å². The van der Waals surface area contributed by atoms with Crippen LogP contribution in [0, 0.1) is 0 Å². The highest BCUT2D eigenvalue weighted by Gasteiger charge is 2.12.